The maximum atomic E-state index is 13.0. The van der Waals surface area contributed by atoms with Gasteiger partial charge in [0.1, 0.15) is 16.7 Å². The lowest BCUT2D eigenvalue weighted by atomic mass is 10.4. The zero-order valence-corrected chi connectivity index (χ0v) is 13.8. The van der Waals surface area contributed by atoms with Crippen LogP contribution in [0.3, 0.4) is 0 Å². The average Bonchev–Trinajstić information content (AvgIpc) is 2.51. The second-order valence-corrected chi connectivity index (χ2v) is 6.88. The first-order valence-corrected chi connectivity index (χ1v) is 8.44. The fourth-order valence-corrected chi connectivity index (χ4v) is 3.59. The van der Waals surface area contributed by atoms with Crippen molar-refractivity contribution in [1.82, 2.24) is 9.97 Å². The molecule has 3 rings (SSSR count). The maximum absolute atomic E-state index is 13.0. The van der Waals surface area contributed by atoms with Gasteiger partial charge in [0.05, 0.1) is 0 Å². The Labute approximate surface area is 141 Å². The van der Waals surface area contributed by atoms with Gasteiger partial charge in [-0.15, -0.1) is 0 Å². The second-order valence-electron chi connectivity index (χ2n) is 4.74. The van der Waals surface area contributed by atoms with Gasteiger partial charge in [-0.3, -0.25) is 0 Å². The summed E-state index contributed by atoms with van der Waals surface area (Å²) in [6, 6.07) is 14.3. The Hall–Kier alpha value is -1.92. The van der Waals surface area contributed by atoms with Gasteiger partial charge < -0.3 is 0 Å². The highest BCUT2D eigenvalue weighted by molar-refractivity contribution is 7.99. The third kappa shape index (κ3) is 4.53. The molecule has 0 radical (unpaired) electrons. The molecule has 1 heterocycles. The molecule has 2 nitrogen and oxygen atoms in total. The third-order valence-electron chi connectivity index (χ3n) is 2.87. The summed E-state index contributed by atoms with van der Waals surface area (Å²) in [4.78, 5) is 10.7. The molecule has 6 heteroatoms. The van der Waals surface area contributed by atoms with E-state index in [-0.39, 0.29) is 11.6 Å². The highest BCUT2D eigenvalue weighted by atomic mass is 32.2. The zero-order chi connectivity index (χ0) is 16.2. The number of hydrogen-bond acceptors (Lipinski definition) is 4. The first-order chi connectivity index (χ1) is 11.1. The van der Waals surface area contributed by atoms with Crippen molar-refractivity contribution in [2.24, 2.45) is 0 Å². The fraction of sp³-hybridized carbons (Fsp3) is 0.0588. The highest BCUT2D eigenvalue weighted by Gasteiger charge is 2.07. The van der Waals surface area contributed by atoms with Crippen LogP contribution in [0.5, 0.6) is 0 Å². The van der Waals surface area contributed by atoms with E-state index >= 15 is 0 Å². The smallest absolute Gasteiger partial charge is 0.193 e. The molecule has 0 fully saturated rings. The first kappa shape index (κ1) is 16.0. The van der Waals surface area contributed by atoms with E-state index in [2.05, 4.69) is 9.97 Å². The summed E-state index contributed by atoms with van der Waals surface area (Å²) in [6.45, 7) is 1.89. The lowest BCUT2D eigenvalue weighted by Gasteiger charge is -2.06. The largest absolute Gasteiger partial charge is 0.228 e. The van der Waals surface area contributed by atoms with Gasteiger partial charge in [-0.05, 0) is 73.3 Å². The number of nitrogens with zero attached hydrogens (tertiary/aromatic N) is 2. The molecule has 0 aliphatic rings. The van der Waals surface area contributed by atoms with E-state index in [0.29, 0.717) is 5.16 Å². The van der Waals surface area contributed by atoms with Gasteiger partial charge in [-0.2, -0.15) is 0 Å². The van der Waals surface area contributed by atoms with E-state index in [1.165, 1.54) is 47.8 Å². The summed E-state index contributed by atoms with van der Waals surface area (Å²) in [5, 5.41) is 1.38. The second kappa shape index (κ2) is 7.10. The SMILES string of the molecule is Cc1cc(Sc2ccc(F)cc2)nc(Sc2ccc(F)cc2)n1. The number of hydrogen-bond donors (Lipinski definition) is 0. The van der Waals surface area contributed by atoms with E-state index in [0.717, 1.165) is 20.5 Å². The minimum absolute atomic E-state index is 0.263. The molecule has 0 atom stereocenters. The van der Waals surface area contributed by atoms with Crippen LogP contribution in [-0.4, -0.2) is 9.97 Å². The third-order valence-corrected chi connectivity index (χ3v) is 4.67. The van der Waals surface area contributed by atoms with E-state index in [1.807, 2.05) is 13.0 Å². The Kier molecular flexibility index (Phi) is 4.93. The van der Waals surface area contributed by atoms with Crippen molar-refractivity contribution in [3.63, 3.8) is 0 Å². The van der Waals surface area contributed by atoms with E-state index in [1.54, 1.807) is 24.3 Å². The summed E-state index contributed by atoms with van der Waals surface area (Å²) in [7, 11) is 0. The molecule has 2 aromatic carbocycles. The van der Waals surface area contributed by atoms with Crippen molar-refractivity contribution < 1.29 is 8.78 Å². The molecule has 0 bridgehead atoms. The summed E-state index contributed by atoms with van der Waals surface area (Å²) in [5.74, 6) is -0.534. The van der Waals surface area contributed by atoms with Crippen molar-refractivity contribution in [3.8, 4) is 0 Å². The molecule has 3 aromatic rings. The molecular weight excluding hydrogens is 334 g/mol. The summed E-state index contributed by atoms with van der Waals surface area (Å²) < 4.78 is 25.9. The molecule has 0 saturated carbocycles. The maximum Gasteiger partial charge on any atom is 0.193 e. The van der Waals surface area contributed by atoms with Gasteiger partial charge >= 0.3 is 0 Å². The highest BCUT2D eigenvalue weighted by Crippen LogP contribution is 2.30. The Bertz CT molecular complexity index is 740. The van der Waals surface area contributed by atoms with Crippen molar-refractivity contribution in [1.29, 1.82) is 0 Å². The van der Waals surface area contributed by atoms with Gasteiger partial charge in [-0.25, -0.2) is 18.7 Å². The molecule has 0 amide bonds. The molecule has 0 N–H and O–H groups in total. The molecule has 0 unspecified atom stereocenters. The summed E-state index contributed by atoms with van der Waals surface area (Å²) >= 11 is 2.82. The van der Waals surface area contributed by atoms with Crippen LogP contribution in [0, 0.1) is 18.6 Å². The number of rotatable bonds is 4. The molecular formula is C17H12F2N2S2. The van der Waals surface area contributed by atoms with E-state index in [4.69, 9.17) is 0 Å². The molecule has 0 saturated heterocycles. The van der Waals surface area contributed by atoms with Crippen LogP contribution in [0.1, 0.15) is 5.69 Å². The van der Waals surface area contributed by atoms with Gasteiger partial charge in [0.2, 0.25) is 0 Å². The standard InChI is InChI=1S/C17H12F2N2S2/c1-11-10-16(22-14-6-2-12(18)3-7-14)21-17(20-11)23-15-8-4-13(19)5-9-15/h2-10H,1H3. The fourth-order valence-electron chi connectivity index (χ4n) is 1.84. The summed E-state index contributed by atoms with van der Waals surface area (Å²) in [6.07, 6.45) is 0. The van der Waals surface area contributed by atoms with Crippen LogP contribution in [0.2, 0.25) is 0 Å². The van der Waals surface area contributed by atoms with Gasteiger partial charge in [-0.1, -0.05) is 11.8 Å². The average molecular weight is 346 g/mol. The van der Waals surface area contributed by atoms with Crippen molar-refractivity contribution in [2.45, 2.75) is 26.9 Å². The Morgan fingerprint density at radius 1 is 0.739 bits per heavy atom. The first-order valence-electron chi connectivity index (χ1n) is 6.81. The molecule has 23 heavy (non-hydrogen) atoms. The van der Waals surface area contributed by atoms with Crippen LogP contribution < -0.4 is 0 Å². The Balaban J connectivity index is 1.81. The molecule has 0 spiro atoms. The Morgan fingerprint density at radius 2 is 1.26 bits per heavy atom. The normalized spacial score (nSPS) is 10.7. The van der Waals surface area contributed by atoms with Crippen LogP contribution in [-0.2, 0) is 0 Å². The number of aromatic nitrogens is 2. The van der Waals surface area contributed by atoms with Crippen LogP contribution in [0.15, 0.2) is 74.6 Å². The molecule has 1 aromatic heterocycles. The van der Waals surface area contributed by atoms with Gasteiger partial charge in [0.25, 0.3) is 0 Å². The molecule has 116 valence electrons. The number of halogens is 2. The summed E-state index contributed by atoms with van der Waals surface area (Å²) in [5.41, 5.74) is 0.842. The Morgan fingerprint density at radius 3 is 1.83 bits per heavy atom. The van der Waals surface area contributed by atoms with Crippen molar-refractivity contribution >= 4 is 23.5 Å². The molecule has 0 aliphatic carbocycles. The topological polar surface area (TPSA) is 25.8 Å². The van der Waals surface area contributed by atoms with Gasteiger partial charge in [0.15, 0.2) is 5.16 Å². The van der Waals surface area contributed by atoms with Crippen LogP contribution in [0.25, 0.3) is 0 Å². The minimum Gasteiger partial charge on any atom is -0.228 e. The van der Waals surface area contributed by atoms with Crippen LogP contribution in [0.4, 0.5) is 8.78 Å². The molecule has 0 aliphatic heterocycles. The number of aryl methyl sites for hydroxylation is 1. The lowest BCUT2D eigenvalue weighted by molar-refractivity contribution is 0.626. The van der Waals surface area contributed by atoms with Crippen LogP contribution >= 0.6 is 23.5 Å². The van der Waals surface area contributed by atoms with Crippen molar-refractivity contribution in [3.05, 3.63) is 71.9 Å². The quantitative estimate of drug-likeness (QED) is 0.469. The predicted molar refractivity (Wildman–Crippen MR) is 87.8 cm³/mol. The van der Waals surface area contributed by atoms with Gasteiger partial charge in [0, 0.05) is 15.5 Å². The number of benzene rings is 2. The van der Waals surface area contributed by atoms with Crippen molar-refractivity contribution in [2.75, 3.05) is 0 Å². The monoisotopic (exact) mass is 346 g/mol. The minimum atomic E-state index is -0.271. The predicted octanol–water partition coefficient (Wildman–Crippen LogP) is 5.37. The van der Waals surface area contributed by atoms with E-state index in [9.17, 15) is 8.78 Å². The lowest BCUT2D eigenvalue weighted by Crippen LogP contribution is -1.92. The van der Waals surface area contributed by atoms with E-state index < -0.39 is 0 Å². The zero-order valence-electron chi connectivity index (χ0n) is 12.2.